The van der Waals surface area contributed by atoms with Gasteiger partial charge in [-0.2, -0.15) is 0 Å². The fourth-order valence-corrected chi connectivity index (χ4v) is 4.38. The topological polar surface area (TPSA) is 60.2 Å². The fraction of sp³-hybridized carbons (Fsp3) is 0.143. The molecule has 2 rings (SSSR count). The number of hydrogen-bond acceptors (Lipinski definition) is 3. The van der Waals surface area contributed by atoms with E-state index < -0.39 is 9.84 Å². The van der Waals surface area contributed by atoms with Gasteiger partial charge in [0.15, 0.2) is 9.84 Å². The van der Waals surface area contributed by atoms with Gasteiger partial charge in [-0.15, -0.1) is 0 Å². The van der Waals surface area contributed by atoms with Gasteiger partial charge in [0.1, 0.15) is 0 Å². The number of nitrogen functional groups attached to an aromatic ring is 1. The Morgan fingerprint density at radius 2 is 1.90 bits per heavy atom. The van der Waals surface area contributed by atoms with Crippen LogP contribution >= 0.6 is 27.5 Å². The summed E-state index contributed by atoms with van der Waals surface area (Å²) in [4.78, 5) is 0.247. The van der Waals surface area contributed by atoms with Crippen LogP contribution < -0.4 is 5.73 Å². The predicted molar refractivity (Wildman–Crippen MR) is 85.6 cm³/mol. The summed E-state index contributed by atoms with van der Waals surface area (Å²) in [6.45, 7) is 1.75. The van der Waals surface area contributed by atoms with Crippen LogP contribution in [0.3, 0.4) is 0 Å². The number of nitrogens with two attached hydrogens (primary N) is 1. The monoisotopic (exact) mass is 373 g/mol. The summed E-state index contributed by atoms with van der Waals surface area (Å²) in [6, 6.07) is 10.0. The van der Waals surface area contributed by atoms with Crippen molar-refractivity contribution in [3.05, 3.63) is 57.0 Å². The van der Waals surface area contributed by atoms with Crippen LogP contribution in [0.1, 0.15) is 11.1 Å². The Kier molecular flexibility index (Phi) is 4.42. The van der Waals surface area contributed by atoms with Crippen molar-refractivity contribution in [3.63, 3.8) is 0 Å². The van der Waals surface area contributed by atoms with Crippen LogP contribution in [0.4, 0.5) is 5.69 Å². The molecule has 0 aliphatic rings. The molecule has 0 saturated carbocycles. The summed E-state index contributed by atoms with van der Waals surface area (Å²) in [6.07, 6.45) is 0. The van der Waals surface area contributed by atoms with Gasteiger partial charge >= 0.3 is 0 Å². The van der Waals surface area contributed by atoms with Crippen LogP contribution in [-0.2, 0) is 15.6 Å². The first-order valence-corrected chi connectivity index (χ1v) is 8.65. The van der Waals surface area contributed by atoms with E-state index in [1.165, 1.54) is 6.07 Å². The van der Waals surface area contributed by atoms with Crippen molar-refractivity contribution >= 4 is 43.1 Å². The van der Waals surface area contributed by atoms with Crippen LogP contribution in [0.5, 0.6) is 0 Å². The fourth-order valence-electron chi connectivity index (χ4n) is 1.87. The van der Waals surface area contributed by atoms with Crippen molar-refractivity contribution in [2.75, 3.05) is 5.73 Å². The molecule has 2 N–H and O–H groups in total. The van der Waals surface area contributed by atoms with Gasteiger partial charge < -0.3 is 5.73 Å². The number of anilines is 1. The standard InChI is InChI=1S/C14H13BrClNO2S/c1-9-2-5-12(17)7-14(9)20(18,19)8-10-3-4-11(15)6-13(10)16/h2-7H,8,17H2,1H3. The van der Waals surface area contributed by atoms with Crippen LogP contribution in [-0.4, -0.2) is 8.42 Å². The third kappa shape index (κ3) is 3.34. The average Bonchev–Trinajstić information content (AvgIpc) is 2.35. The first-order chi connectivity index (χ1) is 9.29. The largest absolute Gasteiger partial charge is 0.399 e. The zero-order chi connectivity index (χ0) is 14.9. The van der Waals surface area contributed by atoms with Gasteiger partial charge in [0.05, 0.1) is 10.6 Å². The minimum Gasteiger partial charge on any atom is -0.399 e. The van der Waals surface area contributed by atoms with E-state index in [1.54, 1.807) is 37.3 Å². The number of benzene rings is 2. The summed E-state index contributed by atoms with van der Waals surface area (Å²) in [5, 5.41) is 0.421. The molecule has 0 aromatic heterocycles. The molecule has 0 radical (unpaired) electrons. The van der Waals surface area contributed by atoms with Crippen molar-refractivity contribution in [2.45, 2.75) is 17.6 Å². The minimum atomic E-state index is -3.48. The molecule has 0 heterocycles. The summed E-state index contributed by atoms with van der Waals surface area (Å²) in [5.41, 5.74) is 7.34. The van der Waals surface area contributed by atoms with Crippen molar-refractivity contribution in [2.24, 2.45) is 0 Å². The highest BCUT2D eigenvalue weighted by molar-refractivity contribution is 9.10. The van der Waals surface area contributed by atoms with Crippen LogP contribution in [0, 0.1) is 6.92 Å². The molecule has 3 nitrogen and oxygen atoms in total. The molecule has 0 aliphatic heterocycles. The first kappa shape index (κ1) is 15.4. The summed E-state index contributed by atoms with van der Waals surface area (Å²) in [5.74, 6) is -0.149. The molecule has 106 valence electrons. The molecule has 0 bridgehead atoms. The lowest BCUT2D eigenvalue weighted by atomic mass is 10.2. The molecule has 0 unspecified atom stereocenters. The van der Waals surface area contributed by atoms with E-state index >= 15 is 0 Å². The molecule has 20 heavy (non-hydrogen) atoms. The summed E-state index contributed by atoms with van der Waals surface area (Å²) < 4.78 is 25.8. The highest BCUT2D eigenvalue weighted by Crippen LogP contribution is 2.27. The SMILES string of the molecule is Cc1ccc(N)cc1S(=O)(=O)Cc1ccc(Br)cc1Cl. The number of aryl methyl sites for hydroxylation is 1. The maximum absolute atomic E-state index is 12.5. The second-order valence-corrected chi connectivity index (χ2v) is 7.80. The molecule has 0 saturated heterocycles. The summed E-state index contributed by atoms with van der Waals surface area (Å²) in [7, 11) is -3.48. The van der Waals surface area contributed by atoms with Crippen LogP contribution in [0.2, 0.25) is 5.02 Å². The Bertz CT molecular complexity index is 760. The molecule has 0 aliphatic carbocycles. The second-order valence-electron chi connectivity index (χ2n) is 4.52. The Morgan fingerprint density at radius 3 is 2.55 bits per heavy atom. The Labute approximate surface area is 131 Å². The molecular formula is C14H13BrClNO2S. The normalized spacial score (nSPS) is 11.6. The molecule has 0 spiro atoms. The Morgan fingerprint density at radius 1 is 1.20 bits per heavy atom. The van der Waals surface area contributed by atoms with E-state index in [-0.39, 0.29) is 10.6 Å². The maximum Gasteiger partial charge on any atom is 0.182 e. The van der Waals surface area contributed by atoms with Crippen molar-refractivity contribution < 1.29 is 8.42 Å². The lowest BCUT2D eigenvalue weighted by Gasteiger charge is -2.10. The highest BCUT2D eigenvalue weighted by atomic mass is 79.9. The Balaban J connectivity index is 2.43. The zero-order valence-corrected chi connectivity index (χ0v) is 13.9. The van der Waals surface area contributed by atoms with Gasteiger partial charge in [-0.1, -0.05) is 39.7 Å². The van der Waals surface area contributed by atoms with Gasteiger partial charge in [0, 0.05) is 15.2 Å². The van der Waals surface area contributed by atoms with Crippen molar-refractivity contribution in [3.8, 4) is 0 Å². The van der Waals surface area contributed by atoms with Crippen LogP contribution in [0.25, 0.3) is 0 Å². The molecule has 6 heteroatoms. The molecule has 2 aromatic carbocycles. The third-order valence-corrected chi connectivity index (χ3v) is 5.55. The van der Waals surface area contributed by atoms with Gasteiger partial charge in [-0.3, -0.25) is 0 Å². The summed E-state index contributed by atoms with van der Waals surface area (Å²) >= 11 is 9.37. The maximum atomic E-state index is 12.5. The Hall–Kier alpha value is -1.04. The predicted octanol–water partition coefficient (Wildman–Crippen LogP) is 3.97. The lowest BCUT2D eigenvalue weighted by molar-refractivity contribution is 0.594. The number of halogens is 2. The average molecular weight is 375 g/mol. The second kappa shape index (κ2) is 5.76. The first-order valence-electron chi connectivity index (χ1n) is 5.82. The molecule has 2 aromatic rings. The molecular weight excluding hydrogens is 362 g/mol. The van der Waals surface area contributed by atoms with E-state index in [0.29, 0.717) is 21.8 Å². The number of rotatable bonds is 3. The van der Waals surface area contributed by atoms with Gasteiger partial charge in [-0.25, -0.2) is 8.42 Å². The van der Waals surface area contributed by atoms with Crippen molar-refractivity contribution in [1.82, 2.24) is 0 Å². The van der Waals surface area contributed by atoms with E-state index in [9.17, 15) is 8.42 Å². The molecule has 0 atom stereocenters. The minimum absolute atomic E-state index is 0.149. The van der Waals surface area contributed by atoms with Gasteiger partial charge in [0.25, 0.3) is 0 Å². The number of sulfone groups is 1. The van der Waals surface area contributed by atoms with Gasteiger partial charge in [0.2, 0.25) is 0 Å². The third-order valence-electron chi connectivity index (χ3n) is 2.91. The smallest absolute Gasteiger partial charge is 0.182 e. The van der Waals surface area contributed by atoms with E-state index in [0.717, 1.165) is 4.47 Å². The van der Waals surface area contributed by atoms with E-state index in [2.05, 4.69) is 15.9 Å². The molecule has 0 amide bonds. The number of hydrogen-bond donors (Lipinski definition) is 1. The zero-order valence-electron chi connectivity index (χ0n) is 10.7. The van der Waals surface area contributed by atoms with E-state index in [4.69, 9.17) is 17.3 Å². The van der Waals surface area contributed by atoms with Gasteiger partial charge in [-0.05, 0) is 42.3 Å². The quantitative estimate of drug-likeness (QED) is 0.827. The van der Waals surface area contributed by atoms with E-state index in [1.807, 2.05) is 0 Å². The molecule has 0 fully saturated rings. The van der Waals surface area contributed by atoms with Crippen LogP contribution in [0.15, 0.2) is 45.8 Å². The van der Waals surface area contributed by atoms with Crippen molar-refractivity contribution in [1.29, 1.82) is 0 Å². The highest BCUT2D eigenvalue weighted by Gasteiger charge is 2.19. The lowest BCUT2D eigenvalue weighted by Crippen LogP contribution is -2.08.